The van der Waals surface area contributed by atoms with E-state index < -0.39 is 0 Å². The number of hydrogen-bond acceptors (Lipinski definition) is 4. The van der Waals surface area contributed by atoms with Crippen molar-refractivity contribution in [3.63, 3.8) is 0 Å². The summed E-state index contributed by atoms with van der Waals surface area (Å²) in [6.45, 7) is 1.66. The predicted molar refractivity (Wildman–Crippen MR) is 108 cm³/mol. The number of carbonyl (C=O) groups excluding carboxylic acids is 1. The maximum atomic E-state index is 12.3. The van der Waals surface area contributed by atoms with Crippen molar-refractivity contribution in [2.24, 2.45) is 4.99 Å². The molecule has 3 rings (SSSR count). The Morgan fingerprint density at radius 3 is 2.59 bits per heavy atom. The lowest BCUT2D eigenvalue weighted by Crippen LogP contribution is -2.36. The Labute approximate surface area is 162 Å². The number of amides is 1. The van der Waals surface area contributed by atoms with Gasteiger partial charge in [-0.15, -0.1) is 0 Å². The average molecular weight is 382 g/mol. The van der Waals surface area contributed by atoms with E-state index in [1.807, 2.05) is 24.3 Å². The van der Waals surface area contributed by atoms with E-state index in [4.69, 9.17) is 4.42 Å². The fourth-order valence-corrected chi connectivity index (χ4v) is 3.16. The van der Waals surface area contributed by atoms with Crippen LogP contribution in [0.5, 0.6) is 0 Å². The number of rotatable bonds is 7. The number of guanidine groups is 1. The molecule has 1 amide bonds. The zero-order chi connectivity index (χ0) is 18.9. The molecule has 2 heterocycles. The lowest BCUT2D eigenvalue weighted by molar-refractivity contribution is 0.0948. The van der Waals surface area contributed by atoms with Crippen molar-refractivity contribution in [1.82, 2.24) is 16.0 Å². The topological polar surface area (TPSA) is 78.7 Å². The van der Waals surface area contributed by atoms with Crippen molar-refractivity contribution < 1.29 is 9.21 Å². The molecule has 3 aromatic rings. The third kappa shape index (κ3) is 5.72. The Balaban J connectivity index is 1.51. The first-order valence-corrected chi connectivity index (χ1v) is 9.54. The van der Waals surface area contributed by atoms with E-state index in [0.717, 1.165) is 17.9 Å². The molecule has 140 valence electrons. The molecule has 0 unspecified atom stereocenters. The summed E-state index contributed by atoms with van der Waals surface area (Å²) in [5.41, 5.74) is 2.83. The maximum absolute atomic E-state index is 12.3. The molecule has 0 bridgehead atoms. The highest BCUT2D eigenvalue weighted by molar-refractivity contribution is 7.07. The maximum Gasteiger partial charge on any atom is 0.251 e. The Morgan fingerprint density at radius 1 is 1.04 bits per heavy atom. The molecule has 2 aromatic heterocycles. The Bertz CT molecular complexity index is 873. The minimum absolute atomic E-state index is 0.131. The van der Waals surface area contributed by atoms with E-state index in [-0.39, 0.29) is 5.91 Å². The highest BCUT2D eigenvalue weighted by Crippen LogP contribution is 2.07. The normalized spacial score (nSPS) is 11.2. The molecule has 0 atom stereocenters. The number of aliphatic imine (C=N–C) groups is 1. The Hall–Kier alpha value is -3.06. The second-order valence-corrected chi connectivity index (χ2v) is 6.65. The van der Waals surface area contributed by atoms with Gasteiger partial charge in [-0.25, -0.2) is 0 Å². The monoisotopic (exact) mass is 382 g/mol. The standard InChI is InChI=1S/C20H22N4O2S/c1-21-20(24-12-16-7-9-27-14-16)23-11-15-4-2-5-17(10-15)19(25)22-13-18-6-3-8-26-18/h2-10,14H,11-13H2,1H3,(H,22,25)(H2,21,23,24). The van der Waals surface area contributed by atoms with Crippen LogP contribution in [0, 0.1) is 0 Å². The second kappa shape index (κ2) is 9.59. The molecule has 6 nitrogen and oxygen atoms in total. The number of furan rings is 1. The van der Waals surface area contributed by atoms with Gasteiger partial charge in [-0.3, -0.25) is 9.79 Å². The SMILES string of the molecule is CN=C(NCc1ccsc1)NCc1cccc(C(=O)NCc2ccco2)c1. The summed E-state index contributed by atoms with van der Waals surface area (Å²) in [4.78, 5) is 16.5. The van der Waals surface area contributed by atoms with Gasteiger partial charge >= 0.3 is 0 Å². The fourth-order valence-electron chi connectivity index (χ4n) is 2.49. The highest BCUT2D eigenvalue weighted by Gasteiger charge is 2.07. The van der Waals surface area contributed by atoms with Crippen molar-refractivity contribution >= 4 is 23.2 Å². The molecule has 0 aliphatic carbocycles. The zero-order valence-electron chi connectivity index (χ0n) is 15.1. The van der Waals surface area contributed by atoms with E-state index >= 15 is 0 Å². The van der Waals surface area contributed by atoms with Crippen molar-refractivity contribution in [2.75, 3.05) is 7.05 Å². The van der Waals surface area contributed by atoms with Crippen LogP contribution < -0.4 is 16.0 Å². The fraction of sp³-hybridized carbons (Fsp3) is 0.200. The first kappa shape index (κ1) is 18.7. The largest absolute Gasteiger partial charge is 0.467 e. The number of carbonyl (C=O) groups is 1. The van der Waals surface area contributed by atoms with Gasteiger partial charge in [-0.2, -0.15) is 11.3 Å². The van der Waals surface area contributed by atoms with E-state index in [1.165, 1.54) is 5.56 Å². The van der Waals surface area contributed by atoms with Gasteiger partial charge in [-0.1, -0.05) is 12.1 Å². The molecular weight excluding hydrogens is 360 g/mol. The Kier molecular flexibility index (Phi) is 6.65. The molecule has 0 fully saturated rings. The summed E-state index contributed by atoms with van der Waals surface area (Å²) in [7, 11) is 1.74. The third-order valence-corrected chi connectivity index (χ3v) is 4.65. The molecule has 0 aliphatic rings. The second-order valence-electron chi connectivity index (χ2n) is 5.87. The first-order valence-electron chi connectivity index (χ1n) is 8.59. The van der Waals surface area contributed by atoms with Crippen molar-refractivity contribution in [3.05, 3.63) is 81.9 Å². The van der Waals surface area contributed by atoms with E-state index in [9.17, 15) is 4.79 Å². The minimum atomic E-state index is -0.131. The van der Waals surface area contributed by atoms with Gasteiger partial charge in [0.05, 0.1) is 12.8 Å². The van der Waals surface area contributed by atoms with E-state index in [0.29, 0.717) is 24.6 Å². The zero-order valence-corrected chi connectivity index (χ0v) is 15.9. The minimum Gasteiger partial charge on any atom is -0.467 e. The van der Waals surface area contributed by atoms with Crippen LogP contribution in [0.15, 0.2) is 68.9 Å². The summed E-state index contributed by atoms with van der Waals surface area (Å²) in [5, 5.41) is 13.5. The number of benzene rings is 1. The summed E-state index contributed by atoms with van der Waals surface area (Å²) in [5.74, 6) is 1.31. The van der Waals surface area contributed by atoms with Gasteiger partial charge in [0.1, 0.15) is 5.76 Å². The van der Waals surface area contributed by atoms with Gasteiger partial charge in [-0.05, 0) is 52.2 Å². The first-order chi connectivity index (χ1) is 13.2. The van der Waals surface area contributed by atoms with Crippen LogP contribution in [0.4, 0.5) is 0 Å². The smallest absolute Gasteiger partial charge is 0.251 e. The molecule has 0 saturated carbocycles. The van der Waals surface area contributed by atoms with Crippen LogP contribution in [0.2, 0.25) is 0 Å². The molecule has 0 radical (unpaired) electrons. The highest BCUT2D eigenvalue weighted by atomic mass is 32.1. The predicted octanol–water partition coefficient (Wildman–Crippen LogP) is 3.14. The number of nitrogens with one attached hydrogen (secondary N) is 3. The molecule has 3 N–H and O–H groups in total. The quantitative estimate of drug-likeness (QED) is 0.433. The molecule has 0 spiro atoms. The summed E-state index contributed by atoms with van der Waals surface area (Å²) in [6, 6.07) is 13.2. The van der Waals surface area contributed by atoms with Crippen LogP contribution in [0.25, 0.3) is 0 Å². The lowest BCUT2D eigenvalue weighted by Gasteiger charge is -2.12. The molecule has 0 saturated heterocycles. The summed E-state index contributed by atoms with van der Waals surface area (Å²) >= 11 is 1.67. The van der Waals surface area contributed by atoms with Crippen LogP contribution >= 0.6 is 11.3 Å². The van der Waals surface area contributed by atoms with Gasteiger partial charge in [0, 0.05) is 25.7 Å². The molecule has 7 heteroatoms. The van der Waals surface area contributed by atoms with Crippen LogP contribution in [-0.4, -0.2) is 18.9 Å². The number of hydrogen-bond donors (Lipinski definition) is 3. The van der Waals surface area contributed by atoms with Gasteiger partial charge in [0.15, 0.2) is 5.96 Å². The molecule has 27 heavy (non-hydrogen) atoms. The van der Waals surface area contributed by atoms with E-state index in [2.05, 4.69) is 37.8 Å². The van der Waals surface area contributed by atoms with Gasteiger partial charge in [0.25, 0.3) is 5.91 Å². The molecule has 1 aromatic carbocycles. The summed E-state index contributed by atoms with van der Waals surface area (Å²) in [6.07, 6.45) is 1.59. The van der Waals surface area contributed by atoms with Crippen LogP contribution in [-0.2, 0) is 19.6 Å². The third-order valence-electron chi connectivity index (χ3n) is 3.92. The van der Waals surface area contributed by atoms with Crippen molar-refractivity contribution in [1.29, 1.82) is 0 Å². The summed E-state index contributed by atoms with van der Waals surface area (Å²) < 4.78 is 5.23. The molecule has 0 aliphatic heterocycles. The number of nitrogens with zero attached hydrogens (tertiary/aromatic N) is 1. The average Bonchev–Trinajstić information content (AvgIpc) is 3.40. The van der Waals surface area contributed by atoms with Crippen LogP contribution in [0.3, 0.4) is 0 Å². The van der Waals surface area contributed by atoms with Crippen molar-refractivity contribution in [3.8, 4) is 0 Å². The van der Waals surface area contributed by atoms with Crippen molar-refractivity contribution in [2.45, 2.75) is 19.6 Å². The van der Waals surface area contributed by atoms with Gasteiger partial charge < -0.3 is 20.4 Å². The Morgan fingerprint density at radius 2 is 1.89 bits per heavy atom. The lowest BCUT2D eigenvalue weighted by atomic mass is 10.1. The van der Waals surface area contributed by atoms with Crippen LogP contribution in [0.1, 0.15) is 27.2 Å². The van der Waals surface area contributed by atoms with E-state index in [1.54, 1.807) is 36.8 Å². The number of thiophene rings is 1. The molecular formula is C20H22N4O2S. The van der Waals surface area contributed by atoms with Gasteiger partial charge in [0.2, 0.25) is 0 Å².